The lowest BCUT2D eigenvalue weighted by Gasteiger charge is -2.41. The molecule has 1 aromatic carbocycles. The molecule has 0 aliphatic carbocycles. The SMILES string of the molecule is CCOC(=O)C(C)(c1ccccc1)N1CCNCC1. The van der Waals surface area contributed by atoms with Crippen molar-refractivity contribution in [2.75, 3.05) is 32.8 Å². The highest BCUT2D eigenvalue weighted by Gasteiger charge is 2.42. The average Bonchev–Trinajstić information content (AvgIpc) is 2.48. The number of nitrogens with one attached hydrogen (secondary N) is 1. The first kappa shape index (κ1) is 14.0. The van der Waals surface area contributed by atoms with Crippen LogP contribution in [0.15, 0.2) is 30.3 Å². The lowest BCUT2D eigenvalue weighted by Crippen LogP contribution is -2.57. The Morgan fingerprint density at radius 1 is 1.32 bits per heavy atom. The largest absolute Gasteiger partial charge is 0.464 e. The van der Waals surface area contributed by atoms with Gasteiger partial charge in [0.15, 0.2) is 0 Å². The molecule has 0 aromatic heterocycles. The monoisotopic (exact) mass is 262 g/mol. The minimum absolute atomic E-state index is 0.164. The number of ether oxygens (including phenoxy) is 1. The first-order valence-electron chi connectivity index (χ1n) is 6.88. The molecule has 0 spiro atoms. The number of esters is 1. The van der Waals surface area contributed by atoms with Crippen molar-refractivity contribution < 1.29 is 9.53 Å². The molecular formula is C15H22N2O2. The molecule has 0 saturated carbocycles. The maximum absolute atomic E-state index is 12.5. The minimum Gasteiger partial charge on any atom is -0.464 e. The van der Waals surface area contributed by atoms with Crippen LogP contribution in [0, 0.1) is 0 Å². The summed E-state index contributed by atoms with van der Waals surface area (Å²) in [5.74, 6) is -0.164. The van der Waals surface area contributed by atoms with Gasteiger partial charge in [0, 0.05) is 26.2 Å². The van der Waals surface area contributed by atoms with E-state index in [1.807, 2.05) is 44.2 Å². The molecule has 4 heteroatoms. The Hall–Kier alpha value is -1.39. The molecule has 1 atom stereocenters. The Morgan fingerprint density at radius 2 is 1.95 bits per heavy atom. The van der Waals surface area contributed by atoms with Gasteiger partial charge in [0.25, 0.3) is 0 Å². The second-order valence-electron chi connectivity index (χ2n) is 4.90. The van der Waals surface area contributed by atoms with Crippen molar-refractivity contribution in [1.29, 1.82) is 0 Å². The molecule has 1 heterocycles. The first-order chi connectivity index (χ1) is 9.19. The van der Waals surface area contributed by atoms with Crippen molar-refractivity contribution in [3.8, 4) is 0 Å². The fourth-order valence-corrected chi connectivity index (χ4v) is 2.58. The van der Waals surface area contributed by atoms with Crippen molar-refractivity contribution in [3.05, 3.63) is 35.9 Å². The van der Waals surface area contributed by atoms with Gasteiger partial charge < -0.3 is 10.1 Å². The Morgan fingerprint density at radius 3 is 2.53 bits per heavy atom. The van der Waals surface area contributed by atoms with Gasteiger partial charge >= 0.3 is 5.97 Å². The molecule has 1 saturated heterocycles. The summed E-state index contributed by atoms with van der Waals surface area (Å²) in [6.07, 6.45) is 0. The Bertz CT molecular complexity index is 415. The second kappa shape index (κ2) is 6.17. The van der Waals surface area contributed by atoms with Crippen molar-refractivity contribution in [3.63, 3.8) is 0 Å². The molecule has 1 aliphatic heterocycles. The lowest BCUT2D eigenvalue weighted by atomic mass is 9.89. The minimum atomic E-state index is -0.695. The van der Waals surface area contributed by atoms with Gasteiger partial charge in [-0.2, -0.15) is 0 Å². The highest BCUT2D eigenvalue weighted by Crippen LogP contribution is 2.30. The fraction of sp³-hybridized carbons (Fsp3) is 0.533. The van der Waals surface area contributed by atoms with Gasteiger partial charge in [-0.05, 0) is 19.4 Å². The van der Waals surface area contributed by atoms with Gasteiger partial charge in [-0.25, -0.2) is 4.79 Å². The topological polar surface area (TPSA) is 41.6 Å². The molecule has 0 radical (unpaired) electrons. The first-order valence-corrected chi connectivity index (χ1v) is 6.88. The molecule has 1 aliphatic rings. The Balaban J connectivity index is 2.34. The van der Waals surface area contributed by atoms with Crippen LogP contribution in [0.2, 0.25) is 0 Å². The van der Waals surface area contributed by atoms with E-state index in [4.69, 9.17) is 4.74 Å². The van der Waals surface area contributed by atoms with Crippen LogP contribution >= 0.6 is 0 Å². The van der Waals surface area contributed by atoms with Crippen molar-refractivity contribution in [2.45, 2.75) is 19.4 Å². The van der Waals surface area contributed by atoms with Crippen LogP contribution in [0.4, 0.5) is 0 Å². The molecular weight excluding hydrogens is 240 g/mol. The highest BCUT2D eigenvalue weighted by atomic mass is 16.5. The molecule has 2 rings (SSSR count). The number of carbonyl (C=O) groups is 1. The molecule has 0 amide bonds. The van der Waals surface area contributed by atoms with Gasteiger partial charge in [0.05, 0.1) is 6.61 Å². The number of nitrogens with zero attached hydrogens (tertiary/aromatic N) is 1. The average molecular weight is 262 g/mol. The standard InChI is InChI=1S/C15H22N2O2/c1-3-19-14(18)15(2,13-7-5-4-6-8-13)17-11-9-16-10-12-17/h4-8,16H,3,9-12H2,1-2H3. The number of carbonyl (C=O) groups excluding carboxylic acids is 1. The number of rotatable bonds is 4. The predicted molar refractivity (Wildman–Crippen MR) is 74.9 cm³/mol. The molecule has 1 unspecified atom stereocenters. The Kier molecular flexibility index (Phi) is 4.56. The summed E-state index contributed by atoms with van der Waals surface area (Å²) in [5, 5.41) is 3.32. The summed E-state index contributed by atoms with van der Waals surface area (Å²) in [5.41, 5.74) is 0.301. The Labute approximate surface area is 114 Å². The van der Waals surface area contributed by atoms with E-state index in [1.54, 1.807) is 0 Å². The van der Waals surface area contributed by atoms with E-state index in [0.29, 0.717) is 6.61 Å². The zero-order valence-electron chi connectivity index (χ0n) is 11.7. The molecule has 1 fully saturated rings. The van der Waals surface area contributed by atoms with Crippen molar-refractivity contribution in [2.24, 2.45) is 0 Å². The van der Waals surface area contributed by atoms with Gasteiger partial charge in [0.1, 0.15) is 5.54 Å². The van der Waals surface area contributed by atoms with Crippen molar-refractivity contribution in [1.82, 2.24) is 10.2 Å². The summed E-state index contributed by atoms with van der Waals surface area (Å²) in [7, 11) is 0. The molecule has 4 nitrogen and oxygen atoms in total. The van der Waals surface area contributed by atoms with E-state index in [-0.39, 0.29) is 5.97 Å². The van der Waals surface area contributed by atoms with E-state index >= 15 is 0 Å². The van der Waals surface area contributed by atoms with E-state index in [1.165, 1.54) is 0 Å². The summed E-state index contributed by atoms with van der Waals surface area (Å²) in [6.45, 7) is 7.73. The third-order valence-electron chi connectivity index (χ3n) is 3.76. The summed E-state index contributed by atoms with van der Waals surface area (Å²) >= 11 is 0. The molecule has 1 aromatic rings. The highest BCUT2D eigenvalue weighted by molar-refractivity contribution is 5.82. The molecule has 104 valence electrons. The molecule has 1 N–H and O–H groups in total. The van der Waals surface area contributed by atoms with Gasteiger partial charge in [-0.1, -0.05) is 30.3 Å². The van der Waals surface area contributed by atoms with Crippen molar-refractivity contribution >= 4 is 5.97 Å². The van der Waals surface area contributed by atoms with Crippen LogP contribution in [-0.2, 0) is 15.1 Å². The van der Waals surface area contributed by atoms with Crippen LogP contribution in [0.3, 0.4) is 0 Å². The number of piperazine rings is 1. The third kappa shape index (κ3) is 2.80. The zero-order chi connectivity index (χ0) is 13.7. The summed E-state index contributed by atoms with van der Waals surface area (Å²) < 4.78 is 5.31. The molecule has 0 bridgehead atoms. The summed E-state index contributed by atoms with van der Waals surface area (Å²) in [6, 6.07) is 9.90. The lowest BCUT2D eigenvalue weighted by molar-refractivity contribution is -0.158. The van der Waals surface area contributed by atoms with Gasteiger partial charge in [0.2, 0.25) is 0 Å². The van der Waals surface area contributed by atoms with Gasteiger partial charge in [-0.15, -0.1) is 0 Å². The van der Waals surface area contributed by atoms with E-state index < -0.39 is 5.54 Å². The zero-order valence-corrected chi connectivity index (χ0v) is 11.7. The molecule has 19 heavy (non-hydrogen) atoms. The van der Waals surface area contributed by atoms with Crippen LogP contribution in [0.1, 0.15) is 19.4 Å². The fourth-order valence-electron chi connectivity index (χ4n) is 2.58. The van der Waals surface area contributed by atoms with Crippen LogP contribution in [0.5, 0.6) is 0 Å². The summed E-state index contributed by atoms with van der Waals surface area (Å²) in [4.78, 5) is 14.7. The smallest absolute Gasteiger partial charge is 0.330 e. The van der Waals surface area contributed by atoms with E-state index in [2.05, 4.69) is 10.2 Å². The van der Waals surface area contributed by atoms with Gasteiger partial charge in [-0.3, -0.25) is 4.90 Å². The van der Waals surface area contributed by atoms with Crippen LogP contribution < -0.4 is 5.32 Å². The second-order valence-corrected chi connectivity index (χ2v) is 4.90. The quantitative estimate of drug-likeness (QED) is 0.832. The maximum Gasteiger partial charge on any atom is 0.330 e. The van der Waals surface area contributed by atoms with E-state index in [9.17, 15) is 4.79 Å². The number of benzene rings is 1. The van der Waals surface area contributed by atoms with Crippen LogP contribution in [-0.4, -0.2) is 43.7 Å². The number of hydrogen-bond donors (Lipinski definition) is 1. The maximum atomic E-state index is 12.5. The third-order valence-corrected chi connectivity index (χ3v) is 3.76. The van der Waals surface area contributed by atoms with Crippen LogP contribution in [0.25, 0.3) is 0 Å². The van der Waals surface area contributed by atoms with E-state index in [0.717, 1.165) is 31.7 Å². The predicted octanol–water partition coefficient (Wildman–Crippen LogP) is 1.37. The normalized spacial score (nSPS) is 19.7. The number of hydrogen-bond acceptors (Lipinski definition) is 4.